The molecule has 8 heteroatoms. The third-order valence-corrected chi connectivity index (χ3v) is 4.60. The molecule has 1 fully saturated rings. The lowest BCUT2D eigenvalue weighted by molar-refractivity contribution is -0.0318. The van der Waals surface area contributed by atoms with Crippen molar-refractivity contribution in [3.05, 3.63) is 54.0 Å². The molecule has 3 heterocycles. The van der Waals surface area contributed by atoms with Gasteiger partial charge in [-0.1, -0.05) is 30.0 Å². The van der Waals surface area contributed by atoms with Crippen LogP contribution in [-0.4, -0.2) is 49.6 Å². The van der Waals surface area contributed by atoms with Crippen molar-refractivity contribution in [2.75, 3.05) is 12.3 Å². The van der Waals surface area contributed by atoms with Crippen LogP contribution in [0.3, 0.4) is 0 Å². The van der Waals surface area contributed by atoms with Crippen molar-refractivity contribution >= 4 is 16.9 Å². The predicted octanol–water partition coefficient (Wildman–Crippen LogP) is -0.00880. The summed E-state index contributed by atoms with van der Waals surface area (Å²) in [6, 6.07) is 9.53. The molecule has 1 aliphatic rings. The Bertz CT molecular complexity index is 1020. The Morgan fingerprint density at radius 3 is 2.59 bits per heavy atom. The molecule has 1 aliphatic heterocycles. The molecule has 27 heavy (non-hydrogen) atoms. The molecular formula is C19H19N5O3. The first-order chi connectivity index (χ1) is 13.1. The zero-order valence-corrected chi connectivity index (χ0v) is 14.4. The summed E-state index contributed by atoms with van der Waals surface area (Å²) in [5, 5.41) is 21.1. The summed E-state index contributed by atoms with van der Waals surface area (Å²) < 4.78 is 7.35. The summed E-state index contributed by atoms with van der Waals surface area (Å²) >= 11 is 0. The summed E-state index contributed by atoms with van der Waals surface area (Å²) in [4.78, 5) is 8.31. The maximum absolute atomic E-state index is 10.4. The topological polar surface area (TPSA) is 132 Å². The normalized spacial score (nSPS) is 24.7. The summed E-state index contributed by atoms with van der Waals surface area (Å²) in [6.07, 6.45) is -0.722. The Hall–Kier alpha value is -2.96. The zero-order chi connectivity index (χ0) is 19.0. The Morgan fingerprint density at radius 1 is 1.11 bits per heavy atom. The molecule has 8 nitrogen and oxygen atoms in total. The highest BCUT2D eigenvalue weighted by molar-refractivity contribution is 5.92. The first-order valence-electron chi connectivity index (χ1n) is 8.50. The van der Waals surface area contributed by atoms with Crippen molar-refractivity contribution in [1.82, 2.24) is 14.5 Å². The van der Waals surface area contributed by atoms with Crippen molar-refractivity contribution in [1.29, 1.82) is 0 Å². The second kappa shape index (κ2) is 6.98. The number of nitrogen functional groups attached to an aromatic ring is 1. The molecule has 0 bridgehead atoms. The van der Waals surface area contributed by atoms with E-state index in [-0.39, 0.29) is 12.4 Å². The molecule has 3 aromatic rings. The van der Waals surface area contributed by atoms with Crippen LogP contribution in [0.25, 0.3) is 11.0 Å². The van der Waals surface area contributed by atoms with Crippen molar-refractivity contribution in [3.63, 3.8) is 0 Å². The van der Waals surface area contributed by atoms with E-state index in [2.05, 4.69) is 21.8 Å². The quantitative estimate of drug-likeness (QED) is 0.470. The Balaban J connectivity index is 1.82. The maximum Gasteiger partial charge on any atom is 0.164 e. The third-order valence-electron chi connectivity index (χ3n) is 4.60. The number of aliphatic hydroxyl groups is 2. The molecule has 4 rings (SSSR count). The molecule has 2 aromatic heterocycles. The number of anilines is 1. The van der Waals surface area contributed by atoms with Gasteiger partial charge in [-0.25, -0.2) is 9.97 Å². The lowest BCUT2D eigenvalue weighted by Crippen LogP contribution is -2.35. The highest BCUT2D eigenvalue weighted by Crippen LogP contribution is 2.34. The van der Waals surface area contributed by atoms with Crippen LogP contribution in [0.1, 0.15) is 17.4 Å². The zero-order valence-electron chi connectivity index (χ0n) is 14.4. The predicted molar refractivity (Wildman–Crippen MR) is 99.3 cm³/mol. The van der Waals surface area contributed by atoms with Gasteiger partial charge in [0.25, 0.3) is 0 Å². The van der Waals surface area contributed by atoms with Crippen LogP contribution < -0.4 is 11.5 Å². The molecule has 1 aromatic carbocycles. The minimum atomic E-state index is -1.15. The van der Waals surface area contributed by atoms with Crippen LogP contribution in [0.4, 0.5) is 5.82 Å². The second-order valence-corrected chi connectivity index (χ2v) is 6.31. The highest BCUT2D eigenvalue weighted by Gasteiger charge is 2.43. The van der Waals surface area contributed by atoms with E-state index in [9.17, 15) is 10.2 Å². The standard InChI is InChI=1S/C19H19N5O3/c20-8-13-15(25)16(26)19(27-13)24-9-12(7-6-11-4-2-1-3-5-11)14-17(21)22-10-23-18(14)24/h1-5,9-10,13,15-16,19,25-26H,8,20H2,(H2,21,22,23)/t13-,15-,16-,19-/m1/s1. The van der Waals surface area contributed by atoms with Crippen molar-refractivity contribution < 1.29 is 14.9 Å². The number of fused-ring (bicyclic) bond motifs is 1. The Morgan fingerprint density at radius 2 is 1.89 bits per heavy atom. The van der Waals surface area contributed by atoms with Gasteiger partial charge in [0.05, 0.1) is 10.9 Å². The summed E-state index contributed by atoms with van der Waals surface area (Å²) in [7, 11) is 0. The molecule has 1 saturated heterocycles. The van der Waals surface area contributed by atoms with Crippen LogP contribution in [0, 0.1) is 11.8 Å². The van der Waals surface area contributed by atoms with Gasteiger partial charge in [0, 0.05) is 18.3 Å². The number of benzene rings is 1. The van der Waals surface area contributed by atoms with Gasteiger partial charge in [-0.05, 0) is 12.1 Å². The number of nitrogens with zero attached hydrogens (tertiary/aromatic N) is 3. The molecular weight excluding hydrogens is 346 g/mol. The Kier molecular flexibility index (Phi) is 4.51. The lowest BCUT2D eigenvalue weighted by atomic mass is 10.1. The first kappa shape index (κ1) is 17.5. The lowest BCUT2D eigenvalue weighted by Gasteiger charge is -2.17. The minimum Gasteiger partial charge on any atom is -0.387 e. The molecule has 0 spiro atoms. The number of nitrogens with two attached hydrogens (primary N) is 2. The molecule has 0 amide bonds. The van der Waals surface area contributed by atoms with Gasteiger partial charge < -0.3 is 31.0 Å². The van der Waals surface area contributed by atoms with E-state index in [0.717, 1.165) is 5.56 Å². The van der Waals surface area contributed by atoms with Gasteiger partial charge >= 0.3 is 0 Å². The third kappa shape index (κ3) is 3.03. The van der Waals surface area contributed by atoms with E-state index in [1.807, 2.05) is 30.3 Å². The largest absolute Gasteiger partial charge is 0.387 e. The smallest absolute Gasteiger partial charge is 0.164 e. The van der Waals surface area contributed by atoms with Crippen LogP contribution >= 0.6 is 0 Å². The number of aromatic nitrogens is 3. The van der Waals surface area contributed by atoms with Crippen LogP contribution in [0.5, 0.6) is 0 Å². The molecule has 0 aliphatic carbocycles. The highest BCUT2D eigenvalue weighted by atomic mass is 16.6. The van der Waals surface area contributed by atoms with Gasteiger partial charge in [-0.3, -0.25) is 0 Å². The van der Waals surface area contributed by atoms with E-state index in [0.29, 0.717) is 16.6 Å². The van der Waals surface area contributed by atoms with Crippen molar-refractivity contribution in [3.8, 4) is 11.8 Å². The first-order valence-corrected chi connectivity index (χ1v) is 8.50. The Labute approximate surface area is 155 Å². The average molecular weight is 365 g/mol. The monoisotopic (exact) mass is 365 g/mol. The number of ether oxygens (including phenoxy) is 1. The van der Waals surface area contributed by atoms with Gasteiger partial charge in [0.1, 0.15) is 36.1 Å². The minimum absolute atomic E-state index is 0.0890. The van der Waals surface area contributed by atoms with Crippen LogP contribution in [-0.2, 0) is 4.74 Å². The summed E-state index contributed by atoms with van der Waals surface area (Å²) in [5.74, 6) is 6.44. The van der Waals surface area contributed by atoms with E-state index in [1.54, 1.807) is 10.8 Å². The van der Waals surface area contributed by atoms with Crippen molar-refractivity contribution in [2.24, 2.45) is 5.73 Å². The average Bonchev–Trinajstić information content (AvgIpc) is 3.20. The molecule has 0 radical (unpaired) electrons. The van der Waals surface area contributed by atoms with Crippen molar-refractivity contribution in [2.45, 2.75) is 24.5 Å². The van der Waals surface area contributed by atoms with E-state index >= 15 is 0 Å². The number of aliphatic hydroxyl groups excluding tert-OH is 2. The second-order valence-electron chi connectivity index (χ2n) is 6.31. The fraction of sp³-hybridized carbons (Fsp3) is 0.263. The van der Waals surface area contributed by atoms with Gasteiger partial charge in [-0.15, -0.1) is 0 Å². The molecule has 4 atom stereocenters. The van der Waals surface area contributed by atoms with Crippen LogP contribution in [0.15, 0.2) is 42.9 Å². The number of hydrogen-bond acceptors (Lipinski definition) is 7. The van der Waals surface area contributed by atoms with Gasteiger partial charge in [0.15, 0.2) is 6.23 Å². The van der Waals surface area contributed by atoms with Crippen LogP contribution in [0.2, 0.25) is 0 Å². The summed E-state index contributed by atoms with van der Waals surface area (Å²) in [6.45, 7) is 0.0890. The number of rotatable bonds is 2. The SMILES string of the molecule is NC[C@H]1O[C@@H](n2cc(C#Cc3ccccc3)c3c(N)ncnc32)[C@H](O)[C@@H]1O. The fourth-order valence-corrected chi connectivity index (χ4v) is 3.21. The van der Waals surface area contributed by atoms with E-state index < -0.39 is 24.5 Å². The molecule has 0 unspecified atom stereocenters. The molecule has 6 N–H and O–H groups in total. The van der Waals surface area contributed by atoms with E-state index in [4.69, 9.17) is 16.2 Å². The summed E-state index contributed by atoms with van der Waals surface area (Å²) in [5.41, 5.74) is 13.6. The van der Waals surface area contributed by atoms with Gasteiger partial charge in [0.2, 0.25) is 0 Å². The number of hydrogen-bond donors (Lipinski definition) is 4. The maximum atomic E-state index is 10.4. The van der Waals surface area contributed by atoms with Gasteiger partial charge in [-0.2, -0.15) is 0 Å². The molecule has 138 valence electrons. The fourth-order valence-electron chi connectivity index (χ4n) is 3.21. The molecule has 0 saturated carbocycles. The van der Waals surface area contributed by atoms with E-state index in [1.165, 1.54) is 6.33 Å².